The molecule has 1 amide bonds. The highest BCUT2D eigenvalue weighted by molar-refractivity contribution is 7.14. The quantitative estimate of drug-likeness (QED) is 0.474. The van der Waals surface area contributed by atoms with Crippen molar-refractivity contribution in [1.29, 1.82) is 0 Å². The first-order valence-electron chi connectivity index (χ1n) is 9.79. The Balaban J connectivity index is 1.51. The first-order valence-corrected chi connectivity index (χ1v) is 10.7. The zero-order valence-corrected chi connectivity index (χ0v) is 17.8. The Hall–Kier alpha value is -3.13. The van der Waals surface area contributed by atoms with Gasteiger partial charge in [-0.15, -0.1) is 11.3 Å². The van der Waals surface area contributed by atoms with E-state index < -0.39 is 5.91 Å². The number of hydrogen-bond donors (Lipinski definition) is 1. The molecular formula is C22H24N2O5S. The topological polar surface area (TPSA) is 90.7 Å². The number of aryl methyl sites for hydroxylation is 1. The van der Waals surface area contributed by atoms with Gasteiger partial charge >= 0.3 is 5.97 Å². The molecule has 7 nitrogen and oxygen atoms in total. The van der Waals surface area contributed by atoms with Crippen LogP contribution in [0.1, 0.15) is 47.8 Å². The summed E-state index contributed by atoms with van der Waals surface area (Å²) >= 11 is 1.23. The molecule has 1 N–H and O–H groups in total. The van der Waals surface area contributed by atoms with Crippen LogP contribution in [-0.2, 0) is 29.0 Å². The number of hydrogen-bond acceptors (Lipinski definition) is 7. The summed E-state index contributed by atoms with van der Waals surface area (Å²) < 4.78 is 16.2. The third-order valence-electron chi connectivity index (χ3n) is 4.13. The number of nitrogens with zero attached hydrogens (tertiary/aromatic N) is 1. The third kappa shape index (κ3) is 6.18. The number of nitrogens with one attached hydrogen (secondary N) is 1. The zero-order valence-electron chi connectivity index (χ0n) is 17.0. The van der Waals surface area contributed by atoms with Crippen molar-refractivity contribution in [3.8, 4) is 5.75 Å². The maximum atomic E-state index is 12.4. The summed E-state index contributed by atoms with van der Waals surface area (Å²) in [6.45, 7) is 4.44. The normalized spacial score (nSPS) is 10.6. The predicted molar refractivity (Wildman–Crippen MR) is 114 cm³/mol. The fourth-order valence-electron chi connectivity index (χ4n) is 2.74. The van der Waals surface area contributed by atoms with Gasteiger partial charge in [-0.2, -0.15) is 0 Å². The van der Waals surface area contributed by atoms with Gasteiger partial charge in [0, 0.05) is 5.38 Å². The van der Waals surface area contributed by atoms with Crippen molar-refractivity contribution in [3.63, 3.8) is 0 Å². The molecule has 0 spiro atoms. The van der Waals surface area contributed by atoms with Crippen LogP contribution in [-0.4, -0.2) is 23.5 Å². The second kappa shape index (κ2) is 10.6. The van der Waals surface area contributed by atoms with E-state index in [9.17, 15) is 9.59 Å². The van der Waals surface area contributed by atoms with Gasteiger partial charge in [0.1, 0.15) is 18.1 Å². The molecule has 0 fully saturated rings. The smallest absolute Gasteiger partial charge is 0.311 e. The van der Waals surface area contributed by atoms with Crippen LogP contribution in [0, 0.1) is 0 Å². The molecule has 158 valence electrons. The predicted octanol–water partition coefficient (Wildman–Crippen LogP) is 4.63. The first kappa shape index (κ1) is 21.6. The highest BCUT2D eigenvalue weighted by atomic mass is 32.1. The molecule has 0 aliphatic carbocycles. The van der Waals surface area contributed by atoms with Crippen LogP contribution < -0.4 is 10.1 Å². The molecule has 0 bridgehead atoms. The van der Waals surface area contributed by atoms with Gasteiger partial charge in [0.2, 0.25) is 0 Å². The molecule has 0 saturated heterocycles. The summed E-state index contributed by atoms with van der Waals surface area (Å²) in [5, 5.41) is 4.77. The molecule has 3 aromatic rings. The molecule has 2 aromatic heterocycles. The van der Waals surface area contributed by atoms with Crippen molar-refractivity contribution in [2.24, 2.45) is 0 Å². The number of rotatable bonds is 10. The number of benzene rings is 1. The number of esters is 1. The second-order valence-corrected chi connectivity index (χ2v) is 7.39. The van der Waals surface area contributed by atoms with Gasteiger partial charge in [0.15, 0.2) is 10.9 Å². The van der Waals surface area contributed by atoms with Gasteiger partial charge in [0.05, 0.1) is 18.7 Å². The van der Waals surface area contributed by atoms with Crippen molar-refractivity contribution in [2.45, 2.75) is 39.7 Å². The molecule has 0 aliphatic heterocycles. The van der Waals surface area contributed by atoms with Crippen LogP contribution in [0.15, 0.2) is 46.2 Å². The van der Waals surface area contributed by atoms with Crippen molar-refractivity contribution in [1.82, 2.24) is 4.98 Å². The number of furan rings is 1. The van der Waals surface area contributed by atoms with Crippen LogP contribution in [0.25, 0.3) is 0 Å². The Kier molecular flexibility index (Phi) is 7.62. The van der Waals surface area contributed by atoms with Gasteiger partial charge in [-0.05, 0) is 43.2 Å². The monoisotopic (exact) mass is 428 g/mol. The largest absolute Gasteiger partial charge is 0.486 e. The Bertz CT molecular complexity index is 978. The Morgan fingerprint density at radius 1 is 1.13 bits per heavy atom. The molecule has 1 aromatic carbocycles. The van der Waals surface area contributed by atoms with E-state index in [1.54, 1.807) is 24.4 Å². The highest BCUT2D eigenvalue weighted by Crippen LogP contribution is 2.19. The molecule has 0 unspecified atom stereocenters. The maximum absolute atomic E-state index is 12.4. The molecule has 0 radical (unpaired) electrons. The molecular weight excluding hydrogens is 404 g/mol. The zero-order chi connectivity index (χ0) is 21.3. The summed E-state index contributed by atoms with van der Waals surface area (Å²) in [5.74, 6) is 0.682. The van der Waals surface area contributed by atoms with Gasteiger partial charge < -0.3 is 13.9 Å². The van der Waals surface area contributed by atoms with Crippen molar-refractivity contribution < 1.29 is 23.5 Å². The molecule has 30 heavy (non-hydrogen) atoms. The summed E-state index contributed by atoms with van der Waals surface area (Å²) in [6.07, 6.45) is 2.22. The molecule has 8 heteroatoms. The van der Waals surface area contributed by atoms with Crippen LogP contribution in [0.3, 0.4) is 0 Å². The molecule has 0 saturated carbocycles. The lowest BCUT2D eigenvalue weighted by Gasteiger charge is -2.05. The number of thiazole rings is 1. The number of ether oxygens (including phenoxy) is 2. The average Bonchev–Trinajstić information content (AvgIpc) is 3.37. The third-order valence-corrected chi connectivity index (χ3v) is 4.94. The minimum Gasteiger partial charge on any atom is -0.486 e. The van der Waals surface area contributed by atoms with Gasteiger partial charge in [-0.1, -0.05) is 25.5 Å². The van der Waals surface area contributed by atoms with Crippen LogP contribution in [0.2, 0.25) is 0 Å². The van der Waals surface area contributed by atoms with Crippen LogP contribution in [0.5, 0.6) is 5.75 Å². The van der Waals surface area contributed by atoms with Gasteiger partial charge in [-0.25, -0.2) is 4.98 Å². The first-order chi connectivity index (χ1) is 14.6. The molecule has 3 rings (SSSR count). The average molecular weight is 429 g/mol. The molecule has 2 heterocycles. The Labute approximate surface area is 179 Å². The minimum atomic E-state index is -0.415. The Morgan fingerprint density at radius 2 is 1.93 bits per heavy atom. The van der Waals surface area contributed by atoms with E-state index in [1.807, 2.05) is 24.3 Å². The number of aromatic nitrogens is 1. The second-order valence-electron chi connectivity index (χ2n) is 6.53. The van der Waals surface area contributed by atoms with Gasteiger partial charge in [-0.3, -0.25) is 14.9 Å². The van der Waals surface area contributed by atoms with E-state index in [0.717, 1.165) is 18.6 Å². The maximum Gasteiger partial charge on any atom is 0.311 e. The van der Waals surface area contributed by atoms with Crippen LogP contribution >= 0.6 is 11.3 Å². The summed E-state index contributed by atoms with van der Waals surface area (Å²) in [6, 6.07) is 11.2. The van der Waals surface area contributed by atoms with Gasteiger partial charge in [0.25, 0.3) is 5.91 Å². The molecule has 0 aliphatic rings. The lowest BCUT2D eigenvalue weighted by molar-refractivity contribution is -0.142. The van der Waals surface area contributed by atoms with Crippen molar-refractivity contribution in [3.05, 3.63) is 64.6 Å². The van der Waals surface area contributed by atoms with E-state index in [0.29, 0.717) is 23.2 Å². The number of amides is 1. The van der Waals surface area contributed by atoms with E-state index >= 15 is 0 Å². The number of carbonyl (C=O) groups is 2. The molecule has 0 atom stereocenters. The lowest BCUT2D eigenvalue weighted by atomic mass is 10.1. The fraction of sp³-hybridized carbons (Fsp3) is 0.318. The SMILES string of the molecule is CCCc1ccc(OCc2ccc(C(=O)Nc3nc(CC(=O)OCC)cs3)o2)cc1. The van der Waals surface area contributed by atoms with E-state index in [4.69, 9.17) is 13.9 Å². The highest BCUT2D eigenvalue weighted by Gasteiger charge is 2.15. The van der Waals surface area contributed by atoms with Crippen molar-refractivity contribution in [2.75, 3.05) is 11.9 Å². The lowest BCUT2D eigenvalue weighted by Crippen LogP contribution is -2.11. The van der Waals surface area contributed by atoms with Crippen molar-refractivity contribution >= 4 is 28.3 Å². The van der Waals surface area contributed by atoms with Crippen LogP contribution in [0.4, 0.5) is 5.13 Å². The number of carbonyl (C=O) groups excluding carboxylic acids is 2. The standard InChI is InChI=1S/C22H24N2O5S/c1-3-5-15-6-8-17(9-7-15)28-13-18-10-11-19(29-18)21(26)24-22-23-16(14-30-22)12-20(25)27-4-2/h6-11,14H,3-5,12-13H2,1-2H3,(H,23,24,26). The minimum absolute atomic E-state index is 0.0713. The Morgan fingerprint density at radius 3 is 2.67 bits per heavy atom. The van der Waals surface area contributed by atoms with E-state index in [2.05, 4.69) is 17.2 Å². The summed E-state index contributed by atoms with van der Waals surface area (Å²) in [4.78, 5) is 28.1. The van der Waals surface area contributed by atoms with E-state index in [1.165, 1.54) is 16.9 Å². The number of anilines is 1. The summed E-state index contributed by atoms with van der Waals surface area (Å²) in [7, 11) is 0. The fourth-order valence-corrected chi connectivity index (χ4v) is 3.44. The van der Waals surface area contributed by atoms with E-state index in [-0.39, 0.29) is 24.8 Å². The summed E-state index contributed by atoms with van der Waals surface area (Å²) in [5.41, 5.74) is 1.82.